The van der Waals surface area contributed by atoms with E-state index in [2.05, 4.69) is 15.3 Å². The molecule has 0 unspecified atom stereocenters. The third kappa shape index (κ3) is 5.23. The highest BCUT2D eigenvalue weighted by atomic mass is 35.5. The number of hydrogen-bond acceptors (Lipinski definition) is 5. The third-order valence-electron chi connectivity index (χ3n) is 1.61. The Morgan fingerprint density at radius 1 is 1.47 bits per heavy atom. The number of primary amides is 1. The van der Waals surface area contributed by atoms with E-state index in [1.165, 1.54) is 12.4 Å². The number of amides is 2. The minimum atomic E-state index is -0.558. The minimum Gasteiger partial charge on any atom is -0.370 e. The largest absolute Gasteiger partial charge is 0.370 e. The van der Waals surface area contributed by atoms with E-state index < -0.39 is 11.8 Å². The standard InChI is InChI=1S/C9H11ClN4O3/c10-7-4-12-3-6(14-7)9(16)13-1-2-17-5-8(11)15/h3-4H,1-2,5H2,(H2,11,15)(H,13,16). The van der Waals surface area contributed by atoms with Crippen molar-refractivity contribution in [2.45, 2.75) is 0 Å². The van der Waals surface area contributed by atoms with Gasteiger partial charge in [-0.15, -0.1) is 0 Å². The molecule has 2 amide bonds. The second-order valence-corrected chi connectivity index (χ2v) is 3.39. The Balaban J connectivity index is 2.28. The Morgan fingerprint density at radius 3 is 2.88 bits per heavy atom. The summed E-state index contributed by atoms with van der Waals surface area (Å²) < 4.78 is 4.85. The molecule has 0 saturated carbocycles. The van der Waals surface area contributed by atoms with Gasteiger partial charge in [-0.05, 0) is 0 Å². The molecule has 7 nitrogen and oxygen atoms in total. The van der Waals surface area contributed by atoms with Crippen molar-refractivity contribution in [2.24, 2.45) is 5.73 Å². The van der Waals surface area contributed by atoms with Crippen LogP contribution >= 0.6 is 11.6 Å². The molecule has 0 aliphatic carbocycles. The van der Waals surface area contributed by atoms with E-state index in [1.54, 1.807) is 0 Å². The molecule has 92 valence electrons. The van der Waals surface area contributed by atoms with Crippen molar-refractivity contribution < 1.29 is 14.3 Å². The second kappa shape index (κ2) is 6.77. The predicted octanol–water partition coefficient (Wildman–Crippen LogP) is -0.638. The normalized spacial score (nSPS) is 9.94. The van der Waals surface area contributed by atoms with Crippen LogP contribution in [0.4, 0.5) is 0 Å². The molecule has 0 fully saturated rings. The summed E-state index contributed by atoms with van der Waals surface area (Å²) in [6.07, 6.45) is 2.62. The van der Waals surface area contributed by atoms with E-state index in [0.717, 1.165) is 0 Å². The Kier molecular flexibility index (Phi) is 5.31. The quantitative estimate of drug-likeness (QED) is 0.660. The van der Waals surface area contributed by atoms with Crippen molar-refractivity contribution >= 4 is 23.4 Å². The van der Waals surface area contributed by atoms with Crippen LogP contribution in [0.25, 0.3) is 0 Å². The average Bonchev–Trinajstić information content (AvgIpc) is 2.28. The van der Waals surface area contributed by atoms with Crippen LogP contribution in [0.2, 0.25) is 5.15 Å². The topological polar surface area (TPSA) is 107 Å². The fourth-order valence-electron chi connectivity index (χ4n) is 0.952. The molecule has 1 heterocycles. The van der Waals surface area contributed by atoms with Crippen LogP contribution in [-0.2, 0) is 9.53 Å². The monoisotopic (exact) mass is 258 g/mol. The van der Waals surface area contributed by atoms with Crippen molar-refractivity contribution in [3.05, 3.63) is 23.2 Å². The summed E-state index contributed by atoms with van der Waals surface area (Å²) in [7, 11) is 0. The number of hydrogen-bond donors (Lipinski definition) is 2. The van der Waals surface area contributed by atoms with E-state index in [0.29, 0.717) is 0 Å². The van der Waals surface area contributed by atoms with Gasteiger partial charge in [0.15, 0.2) is 0 Å². The zero-order valence-electron chi connectivity index (χ0n) is 8.85. The number of nitrogens with two attached hydrogens (primary N) is 1. The molecule has 0 aliphatic rings. The summed E-state index contributed by atoms with van der Waals surface area (Å²) in [6.45, 7) is 0.246. The highest BCUT2D eigenvalue weighted by Gasteiger charge is 2.07. The van der Waals surface area contributed by atoms with Gasteiger partial charge in [0.25, 0.3) is 5.91 Å². The molecular formula is C9H11ClN4O3. The molecule has 3 N–H and O–H groups in total. The summed E-state index contributed by atoms with van der Waals surface area (Å²) >= 11 is 5.58. The smallest absolute Gasteiger partial charge is 0.271 e. The first-order chi connectivity index (χ1) is 8.09. The second-order valence-electron chi connectivity index (χ2n) is 3.00. The molecule has 0 spiro atoms. The Bertz CT molecular complexity index is 413. The minimum absolute atomic E-state index is 0.118. The highest BCUT2D eigenvalue weighted by molar-refractivity contribution is 6.29. The lowest BCUT2D eigenvalue weighted by Gasteiger charge is -2.04. The van der Waals surface area contributed by atoms with Crippen LogP contribution in [-0.4, -0.2) is 41.5 Å². The van der Waals surface area contributed by atoms with Crippen molar-refractivity contribution in [1.82, 2.24) is 15.3 Å². The van der Waals surface area contributed by atoms with E-state index in [4.69, 9.17) is 22.1 Å². The number of nitrogens with one attached hydrogen (secondary N) is 1. The number of carbonyl (C=O) groups excluding carboxylic acids is 2. The number of aromatic nitrogens is 2. The predicted molar refractivity (Wildman–Crippen MR) is 59.4 cm³/mol. The Labute approximate surface area is 102 Å². The van der Waals surface area contributed by atoms with Gasteiger partial charge in [0.05, 0.1) is 19.0 Å². The van der Waals surface area contributed by atoms with Gasteiger partial charge in [0.2, 0.25) is 5.91 Å². The summed E-state index contributed by atoms with van der Waals surface area (Å²) in [5.41, 5.74) is 4.98. The first-order valence-corrected chi connectivity index (χ1v) is 5.09. The average molecular weight is 259 g/mol. The van der Waals surface area contributed by atoms with E-state index in [-0.39, 0.29) is 30.6 Å². The Morgan fingerprint density at radius 2 is 2.24 bits per heavy atom. The van der Waals surface area contributed by atoms with Gasteiger partial charge < -0.3 is 15.8 Å². The molecule has 0 radical (unpaired) electrons. The first-order valence-electron chi connectivity index (χ1n) is 4.71. The van der Waals surface area contributed by atoms with Crippen molar-refractivity contribution in [2.75, 3.05) is 19.8 Å². The zero-order chi connectivity index (χ0) is 12.7. The molecule has 0 aliphatic heterocycles. The molecule has 1 aromatic rings. The summed E-state index contributed by atoms with van der Waals surface area (Å²) in [6, 6.07) is 0. The summed E-state index contributed by atoms with van der Waals surface area (Å²) in [4.78, 5) is 29.3. The molecular weight excluding hydrogens is 248 g/mol. The number of rotatable bonds is 6. The SMILES string of the molecule is NC(=O)COCCNC(=O)c1cncc(Cl)n1. The fourth-order valence-corrected chi connectivity index (χ4v) is 1.10. The maximum Gasteiger partial charge on any atom is 0.271 e. The van der Waals surface area contributed by atoms with Crippen molar-refractivity contribution in [3.8, 4) is 0 Å². The number of nitrogens with zero attached hydrogens (tertiary/aromatic N) is 2. The third-order valence-corrected chi connectivity index (χ3v) is 1.80. The first kappa shape index (κ1) is 13.3. The number of ether oxygens (including phenoxy) is 1. The number of halogens is 1. The van der Waals surface area contributed by atoms with Gasteiger partial charge in [-0.2, -0.15) is 0 Å². The Hall–Kier alpha value is -1.73. The zero-order valence-corrected chi connectivity index (χ0v) is 9.61. The lowest BCUT2D eigenvalue weighted by molar-refractivity contribution is -0.122. The van der Waals surface area contributed by atoms with Crippen LogP contribution in [0.15, 0.2) is 12.4 Å². The van der Waals surface area contributed by atoms with Gasteiger partial charge in [0, 0.05) is 6.54 Å². The van der Waals surface area contributed by atoms with Crippen molar-refractivity contribution in [1.29, 1.82) is 0 Å². The van der Waals surface area contributed by atoms with Crippen LogP contribution < -0.4 is 11.1 Å². The molecule has 1 rings (SSSR count). The summed E-state index contributed by atoms with van der Waals surface area (Å²) in [5, 5.41) is 2.66. The highest BCUT2D eigenvalue weighted by Crippen LogP contribution is 2.01. The molecule has 17 heavy (non-hydrogen) atoms. The summed E-state index contributed by atoms with van der Waals surface area (Å²) in [5.74, 6) is -0.972. The molecule has 0 atom stereocenters. The molecule has 8 heteroatoms. The van der Waals surface area contributed by atoms with Gasteiger partial charge in [-0.25, -0.2) is 4.98 Å². The van der Waals surface area contributed by atoms with E-state index >= 15 is 0 Å². The van der Waals surface area contributed by atoms with Gasteiger partial charge in [-0.3, -0.25) is 14.6 Å². The molecule has 1 aromatic heterocycles. The van der Waals surface area contributed by atoms with Gasteiger partial charge in [-0.1, -0.05) is 11.6 Å². The number of carbonyl (C=O) groups is 2. The molecule has 0 aromatic carbocycles. The molecule has 0 saturated heterocycles. The van der Waals surface area contributed by atoms with Crippen LogP contribution in [0.5, 0.6) is 0 Å². The van der Waals surface area contributed by atoms with Crippen molar-refractivity contribution in [3.63, 3.8) is 0 Å². The fraction of sp³-hybridized carbons (Fsp3) is 0.333. The van der Waals surface area contributed by atoms with Crippen LogP contribution in [0.1, 0.15) is 10.5 Å². The van der Waals surface area contributed by atoms with Crippen LogP contribution in [0.3, 0.4) is 0 Å². The maximum atomic E-state index is 11.5. The van der Waals surface area contributed by atoms with E-state index in [9.17, 15) is 9.59 Å². The van der Waals surface area contributed by atoms with Gasteiger partial charge in [0.1, 0.15) is 17.5 Å². The van der Waals surface area contributed by atoms with Gasteiger partial charge >= 0.3 is 0 Å². The van der Waals surface area contributed by atoms with E-state index in [1.807, 2.05) is 0 Å². The lowest BCUT2D eigenvalue weighted by atomic mass is 10.4. The lowest BCUT2D eigenvalue weighted by Crippen LogP contribution is -2.29. The van der Waals surface area contributed by atoms with Crippen LogP contribution in [0, 0.1) is 0 Å². The maximum absolute atomic E-state index is 11.5. The molecule has 0 bridgehead atoms.